The molecule has 0 unspecified atom stereocenters. The first-order valence-electron chi connectivity index (χ1n) is 8.03. The molecule has 1 saturated heterocycles. The molecule has 1 aliphatic heterocycles. The smallest absolute Gasteiger partial charge is 0.414 e. The number of hydrogen-bond acceptors (Lipinski definition) is 8. The van der Waals surface area contributed by atoms with Gasteiger partial charge in [0.1, 0.15) is 0 Å². The Morgan fingerprint density at radius 1 is 1.26 bits per heavy atom. The molecular formula is C17H17N3O5S2. The van der Waals surface area contributed by atoms with Crippen LogP contribution in [0, 0.1) is 6.92 Å². The summed E-state index contributed by atoms with van der Waals surface area (Å²) in [5.41, 5.74) is 0. The van der Waals surface area contributed by atoms with E-state index in [1.165, 1.54) is 9.75 Å². The minimum absolute atomic E-state index is 0.382. The highest BCUT2D eigenvalue weighted by Gasteiger charge is 2.32. The molecule has 0 radical (unpaired) electrons. The van der Waals surface area contributed by atoms with E-state index >= 15 is 0 Å². The quantitative estimate of drug-likeness (QED) is 0.634. The molecule has 4 heterocycles. The summed E-state index contributed by atoms with van der Waals surface area (Å²) in [4.78, 5) is 29.0. The summed E-state index contributed by atoms with van der Waals surface area (Å²) in [6, 6.07) is 8.42. The zero-order chi connectivity index (χ0) is 19.4. The van der Waals surface area contributed by atoms with Crippen LogP contribution in [0.4, 0.5) is 0 Å². The van der Waals surface area contributed by atoms with Gasteiger partial charge >= 0.3 is 11.9 Å². The van der Waals surface area contributed by atoms with Gasteiger partial charge in [0.2, 0.25) is 11.7 Å². The van der Waals surface area contributed by atoms with E-state index in [1.54, 1.807) is 11.3 Å². The van der Waals surface area contributed by atoms with E-state index in [9.17, 15) is 0 Å². The van der Waals surface area contributed by atoms with Gasteiger partial charge in [-0.15, -0.1) is 22.7 Å². The fraction of sp³-hybridized carbons (Fsp3) is 0.294. The Bertz CT molecular complexity index is 901. The Morgan fingerprint density at radius 3 is 2.56 bits per heavy atom. The molecule has 0 aliphatic carbocycles. The van der Waals surface area contributed by atoms with Crippen molar-refractivity contribution in [1.82, 2.24) is 15.0 Å². The van der Waals surface area contributed by atoms with Gasteiger partial charge in [-0.25, -0.2) is 9.59 Å². The molecule has 1 aliphatic rings. The summed E-state index contributed by atoms with van der Waals surface area (Å²) in [6.07, 6.45) is 0. The summed E-state index contributed by atoms with van der Waals surface area (Å²) < 4.78 is 5.42. The maximum absolute atomic E-state index is 9.10. The zero-order valence-corrected chi connectivity index (χ0v) is 16.0. The first-order valence-corrected chi connectivity index (χ1v) is 9.73. The van der Waals surface area contributed by atoms with Gasteiger partial charge in [0.15, 0.2) is 0 Å². The zero-order valence-electron chi connectivity index (χ0n) is 14.4. The van der Waals surface area contributed by atoms with Crippen LogP contribution in [-0.2, 0) is 16.1 Å². The molecule has 0 spiro atoms. The molecule has 10 heteroatoms. The first kappa shape index (κ1) is 19.2. The van der Waals surface area contributed by atoms with Crippen molar-refractivity contribution >= 4 is 34.6 Å². The van der Waals surface area contributed by atoms with Crippen molar-refractivity contribution in [1.29, 1.82) is 0 Å². The molecule has 0 saturated carbocycles. The van der Waals surface area contributed by atoms with E-state index in [1.807, 2.05) is 28.8 Å². The van der Waals surface area contributed by atoms with Crippen LogP contribution in [0.2, 0.25) is 0 Å². The third-order valence-corrected chi connectivity index (χ3v) is 5.70. The summed E-state index contributed by atoms with van der Waals surface area (Å²) >= 11 is 3.51. The highest BCUT2D eigenvalue weighted by molar-refractivity contribution is 7.13. The molecule has 1 fully saturated rings. The lowest BCUT2D eigenvalue weighted by Gasteiger charge is -2.36. The summed E-state index contributed by atoms with van der Waals surface area (Å²) in [7, 11) is 0. The summed E-state index contributed by atoms with van der Waals surface area (Å²) in [5, 5.41) is 20.9. The molecule has 0 bridgehead atoms. The van der Waals surface area contributed by atoms with Crippen molar-refractivity contribution in [2.24, 2.45) is 0 Å². The fourth-order valence-electron chi connectivity index (χ4n) is 2.55. The van der Waals surface area contributed by atoms with Gasteiger partial charge in [0.25, 0.3) is 0 Å². The van der Waals surface area contributed by atoms with Gasteiger partial charge in [0.05, 0.1) is 10.8 Å². The molecular weight excluding hydrogens is 390 g/mol. The Kier molecular flexibility index (Phi) is 5.99. The molecule has 3 aromatic heterocycles. The largest absolute Gasteiger partial charge is 0.473 e. The van der Waals surface area contributed by atoms with Crippen molar-refractivity contribution in [3.8, 4) is 10.7 Å². The van der Waals surface area contributed by atoms with E-state index in [-0.39, 0.29) is 0 Å². The Labute approximate surface area is 162 Å². The second-order valence-electron chi connectivity index (χ2n) is 5.95. The summed E-state index contributed by atoms with van der Waals surface area (Å²) in [6.45, 7) is 5.19. The van der Waals surface area contributed by atoms with Crippen molar-refractivity contribution in [2.75, 3.05) is 13.1 Å². The third kappa shape index (κ3) is 5.00. The highest BCUT2D eigenvalue weighted by Crippen LogP contribution is 2.30. The fourth-order valence-corrected chi connectivity index (χ4v) is 4.13. The second kappa shape index (κ2) is 8.42. The van der Waals surface area contributed by atoms with Crippen molar-refractivity contribution < 1.29 is 24.3 Å². The normalized spacial score (nSPS) is 14.3. The molecule has 0 amide bonds. The standard InChI is InChI=1S/C15H15N3OS2.C2H2O4/c1-10-4-5-12(21-10)9-18-7-11(8-18)15-16-14(17-19-15)13-3-2-6-20-13;3-1(4)2(5)6/h2-6,11H,7-9H2,1H3;(H,3,4)(H,5,6). The van der Waals surface area contributed by atoms with Crippen LogP contribution in [0.25, 0.3) is 10.7 Å². The van der Waals surface area contributed by atoms with Gasteiger partial charge < -0.3 is 14.7 Å². The number of likely N-dealkylation sites (tertiary alicyclic amines) is 1. The molecule has 8 nitrogen and oxygen atoms in total. The molecule has 142 valence electrons. The number of thiophene rings is 2. The minimum atomic E-state index is -1.82. The lowest BCUT2D eigenvalue weighted by molar-refractivity contribution is -0.159. The predicted octanol–water partition coefficient (Wildman–Crippen LogP) is 2.92. The van der Waals surface area contributed by atoms with Gasteiger partial charge in [-0.2, -0.15) is 4.98 Å². The van der Waals surface area contributed by atoms with Crippen LogP contribution in [-0.4, -0.2) is 50.3 Å². The lowest BCUT2D eigenvalue weighted by Crippen LogP contribution is -2.44. The van der Waals surface area contributed by atoms with Gasteiger partial charge in [-0.05, 0) is 30.5 Å². The van der Waals surface area contributed by atoms with Crippen molar-refractivity contribution in [3.05, 3.63) is 45.3 Å². The number of hydrogen-bond donors (Lipinski definition) is 2. The van der Waals surface area contributed by atoms with Crippen LogP contribution in [0.3, 0.4) is 0 Å². The molecule has 0 aromatic carbocycles. The first-order chi connectivity index (χ1) is 12.9. The number of aromatic nitrogens is 2. The molecule has 0 atom stereocenters. The number of nitrogens with zero attached hydrogens (tertiary/aromatic N) is 3. The van der Waals surface area contributed by atoms with Gasteiger partial charge in [-0.1, -0.05) is 11.2 Å². The van der Waals surface area contributed by atoms with Crippen LogP contribution in [0.1, 0.15) is 21.6 Å². The Morgan fingerprint density at radius 2 is 2.00 bits per heavy atom. The number of carbonyl (C=O) groups is 2. The number of rotatable bonds is 4. The molecule has 3 aromatic rings. The third-order valence-electron chi connectivity index (χ3n) is 3.85. The van der Waals surface area contributed by atoms with E-state index < -0.39 is 11.9 Å². The monoisotopic (exact) mass is 407 g/mol. The maximum Gasteiger partial charge on any atom is 0.414 e. The predicted molar refractivity (Wildman–Crippen MR) is 100.0 cm³/mol. The molecule has 4 rings (SSSR count). The average molecular weight is 407 g/mol. The van der Waals surface area contributed by atoms with E-state index in [0.29, 0.717) is 11.7 Å². The highest BCUT2D eigenvalue weighted by atomic mass is 32.1. The van der Waals surface area contributed by atoms with Crippen LogP contribution in [0.15, 0.2) is 34.2 Å². The second-order valence-corrected chi connectivity index (χ2v) is 8.27. The van der Waals surface area contributed by atoms with Gasteiger partial charge in [0, 0.05) is 29.4 Å². The number of carboxylic acid groups (broad SMARTS) is 2. The summed E-state index contributed by atoms with van der Waals surface area (Å²) in [5.74, 6) is -1.78. The van der Waals surface area contributed by atoms with Crippen molar-refractivity contribution in [3.63, 3.8) is 0 Å². The Balaban J connectivity index is 0.000000307. The SMILES string of the molecule is Cc1ccc(CN2CC(c3nc(-c4cccs4)no3)C2)s1.O=C(O)C(=O)O. The number of aliphatic carboxylic acids is 2. The van der Waals surface area contributed by atoms with Crippen LogP contribution < -0.4 is 0 Å². The Hall–Kier alpha value is -2.56. The van der Waals surface area contributed by atoms with Crippen LogP contribution >= 0.6 is 22.7 Å². The maximum atomic E-state index is 9.10. The minimum Gasteiger partial charge on any atom is -0.473 e. The van der Waals surface area contributed by atoms with Crippen molar-refractivity contribution in [2.45, 2.75) is 19.4 Å². The average Bonchev–Trinajstić information content (AvgIpc) is 3.32. The van der Waals surface area contributed by atoms with E-state index in [2.05, 4.69) is 34.1 Å². The molecule has 2 N–H and O–H groups in total. The van der Waals surface area contributed by atoms with E-state index in [0.717, 1.165) is 30.4 Å². The van der Waals surface area contributed by atoms with Gasteiger partial charge in [-0.3, -0.25) is 4.90 Å². The van der Waals surface area contributed by atoms with E-state index in [4.69, 9.17) is 24.3 Å². The number of aryl methyl sites for hydroxylation is 1. The topological polar surface area (TPSA) is 117 Å². The molecule has 27 heavy (non-hydrogen) atoms. The number of carboxylic acids is 2. The van der Waals surface area contributed by atoms with Crippen LogP contribution in [0.5, 0.6) is 0 Å². The lowest BCUT2D eigenvalue weighted by atomic mass is 10.0.